The molecule has 0 atom stereocenters. The average Bonchev–Trinajstić information content (AvgIpc) is 2.78. The molecule has 1 heterocycles. The summed E-state index contributed by atoms with van der Waals surface area (Å²) >= 11 is 1.10. The number of hydrogen-bond acceptors (Lipinski definition) is 6. The Bertz CT molecular complexity index is 1200. The molecule has 0 aliphatic carbocycles. The molecule has 0 saturated heterocycles. The average molecular weight is 435 g/mol. The Kier molecular flexibility index (Phi) is 7.11. The fourth-order valence-electron chi connectivity index (χ4n) is 3.09. The first-order valence-corrected chi connectivity index (χ1v) is 10.6. The van der Waals surface area contributed by atoms with Gasteiger partial charge in [-0.2, -0.15) is 5.26 Å². The van der Waals surface area contributed by atoms with Crippen molar-refractivity contribution in [3.05, 3.63) is 69.5 Å². The van der Waals surface area contributed by atoms with Crippen molar-refractivity contribution in [3.8, 4) is 23.1 Å². The Balaban J connectivity index is 1.81. The number of carbonyl (C=O) groups excluding carboxylic acids is 1. The van der Waals surface area contributed by atoms with Gasteiger partial charge in [-0.3, -0.25) is 9.59 Å². The second-order valence-corrected chi connectivity index (χ2v) is 7.70. The van der Waals surface area contributed by atoms with Crippen LogP contribution in [0.4, 0.5) is 5.69 Å². The lowest BCUT2D eigenvalue weighted by atomic mass is 10.1. The summed E-state index contributed by atoms with van der Waals surface area (Å²) in [5, 5.41) is 12.6. The minimum Gasteiger partial charge on any atom is -0.497 e. The molecule has 2 aromatic carbocycles. The maximum atomic E-state index is 12.5. The van der Waals surface area contributed by atoms with Crippen LogP contribution in [0.3, 0.4) is 0 Å². The molecular weight excluding hydrogens is 412 g/mol. The largest absolute Gasteiger partial charge is 0.497 e. The fourth-order valence-corrected chi connectivity index (χ4v) is 3.75. The first-order valence-electron chi connectivity index (χ1n) is 9.66. The highest BCUT2D eigenvalue weighted by Gasteiger charge is 2.15. The van der Waals surface area contributed by atoms with Gasteiger partial charge in [-0.15, -0.1) is 0 Å². The Labute approximate surface area is 184 Å². The van der Waals surface area contributed by atoms with Gasteiger partial charge in [-0.1, -0.05) is 36.9 Å². The SMILES string of the molecule is CCc1cccc(C)c1NC(=O)CSc1nc(-c2ccc(OC)cc2)c(C#N)c(=O)[nH]1. The quantitative estimate of drug-likeness (QED) is 0.431. The van der Waals surface area contributed by atoms with Crippen molar-refractivity contribution < 1.29 is 9.53 Å². The number of para-hydroxylation sites is 1. The van der Waals surface area contributed by atoms with Crippen molar-refractivity contribution in [1.82, 2.24) is 9.97 Å². The molecule has 2 N–H and O–H groups in total. The molecule has 3 rings (SSSR count). The van der Waals surface area contributed by atoms with Crippen molar-refractivity contribution in [3.63, 3.8) is 0 Å². The number of hydrogen-bond donors (Lipinski definition) is 2. The predicted octanol–water partition coefficient (Wildman–Crippen LogP) is 3.92. The summed E-state index contributed by atoms with van der Waals surface area (Å²) in [6.07, 6.45) is 0.806. The van der Waals surface area contributed by atoms with E-state index in [1.165, 1.54) is 0 Å². The van der Waals surface area contributed by atoms with Crippen LogP contribution in [0.25, 0.3) is 11.3 Å². The predicted molar refractivity (Wildman–Crippen MR) is 121 cm³/mol. The van der Waals surface area contributed by atoms with E-state index in [1.54, 1.807) is 31.4 Å². The normalized spacial score (nSPS) is 10.4. The molecule has 7 nitrogen and oxygen atoms in total. The molecule has 3 aromatic rings. The molecular formula is C23H22N4O3S. The molecule has 0 saturated carbocycles. The second kappa shape index (κ2) is 9.96. The summed E-state index contributed by atoms with van der Waals surface area (Å²) in [6.45, 7) is 3.98. The lowest BCUT2D eigenvalue weighted by Crippen LogP contribution is -2.18. The first-order chi connectivity index (χ1) is 15.0. The molecule has 0 spiro atoms. The van der Waals surface area contributed by atoms with E-state index in [1.807, 2.05) is 38.1 Å². The summed E-state index contributed by atoms with van der Waals surface area (Å²) < 4.78 is 5.15. The van der Waals surface area contributed by atoms with Crippen LogP contribution in [-0.2, 0) is 11.2 Å². The standard InChI is InChI=1S/C23H22N4O3S/c1-4-15-7-5-6-14(2)20(15)25-19(28)13-31-23-26-21(18(12-24)22(29)27-23)16-8-10-17(30-3)11-9-16/h5-11H,4,13H2,1-3H3,(H,25,28)(H,26,27,29). The Hall–Kier alpha value is -3.57. The van der Waals surface area contributed by atoms with Gasteiger partial charge in [0.1, 0.15) is 17.4 Å². The zero-order chi connectivity index (χ0) is 22.4. The van der Waals surface area contributed by atoms with Gasteiger partial charge < -0.3 is 15.0 Å². The van der Waals surface area contributed by atoms with E-state index < -0.39 is 5.56 Å². The lowest BCUT2D eigenvalue weighted by Gasteiger charge is -2.13. The summed E-state index contributed by atoms with van der Waals surface area (Å²) in [6, 6.07) is 14.7. The number of nitrogens with zero attached hydrogens (tertiary/aromatic N) is 2. The third kappa shape index (κ3) is 5.13. The van der Waals surface area contributed by atoms with E-state index in [-0.39, 0.29) is 28.1 Å². The van der Waals surface area contributed by atoms with Crippen molar-refractivity contribution >= 4 is 23.4 Å². The van der Waals surface area contributed by atoms with Crippen molar-refractivity contribution in [2.75, 3.05) is 18.2 Å². The third-order valence-corrected chi connectivity index (χ3v) is 5.59. The number of aromatic nitrogens is 2. The summed E-state index contributed by atoms with van der Waals surface area (Å²) in [5.41, 5.74) is 3.13. The van der Waals surface area contributed by atoms with Gasteiger partial charge in [0, 0.05) is 11.3 Å². The fraction of sp³-hybridized carbons (Fsp3) is 0.217. The van der Waals surface area contributed by atoms with Crippen LogP contribution in [0, 0.1) is 18.3 Å². The van der Waals surface area contributed by atoms with Crippen LogP contribution < -0.4 is 15.6 Å². The molecule has 1 aromatic heterocycles. The van der Waals surface area contributed by atoms with Gasteiger partial charge in [-0.25, -0.2) is 4.98 Å². The number of methoxy groups -OCH3 is 1. The molecule has 158 valence electrons. The Morgan fingerprint density at radius 3 is 2.65 bits per heavy atom. The number of aromatic amines is 1. The summed E-state index contributed by atoms with van der Waals surface area (Å²) in [5.74, 6) is 0.516. The number of aryl methyl sites for hydroxylation is 2. The van der Waals surface area contributed by atoms with Crippen LogP contribution in [-0.4, -0.2) is 28.7 Å². The van der Waals surface area contributed by atoms with E-state index in [2.05, 4.69) is 15.3 Å². The monoisotopic (exact) mass is 434 g/mol. The molecule has 1 amide bonds. The van der Waals surface area contributed by atoms with Gasteiger partial charge in [-0.05, 0) is 48.7 Å². The number of carbonyl (C=O) groups is 1. The molecule has 0 aliphatic heterocycles. The van der Waals surface area contributed by atoms with Gasteiger partial charge in [0.05, 0.1) is 18.6 Å². The summed E-state index contributed by atoms with van der Waals surface area (Å²) in [7, 11) is 1.56. The minimum absolute atomic E-state index is 0.0639. The number of nitriles is 1. The number of ether oxygens (including phenoxy) is 1. The Morgan fingerprint density at radius 2 is 2.00 bits per heavy atom. The van der Waals surface area contributed by atoms with Gasteiger partial charge in [0.2, 0.25) is 5.91 Å². The topological polar surface area (TPSA) is 108 Å². The van der Waals surface area contributed by atoms with Gasteiger partial charge >= 0.3 is 0 Å². The zero-order valence-electron chi connectivity index (χ0n) is 17.5. The van der Waals surface area contributed by atoms with Crippen molar-refractivity contribution in [1.29, 1.82) is 5.26 Å². The molecule has 0 aliphatic rings. The van der Waals surface area contributed by atoms with E-state index in [0.29, 0.717) is 11.3 Å². The number of nitrogens with one attached hydrogen (secondary N) is 2. The molecule has 0 unspecified atom stereocenters. The number of amides is 1. The van der Waals surface area contributed by atoms with Crippen LogP contribution in [0.5, 0.6) is 5.75 Å². The van der Waals surface area contributed by atoms with Gasteiger partial charge in [0.25, 0.3) is 5.56 Å². The van der Waals surface area contributed by atoms with Crippen LogP contribution >= 0.6 is 11.8 Å². The zero-order valence-corrected chi connectivity index (χ0v) is 18.3. The van der Waals surface area contributed by atoms with Crippen molar-refractivity contribution in [2.45, 2.75) is 25.4 Å². The van der Waals surface area contributed by atoms with E-state index in [9.17, 15) is 14.9 Å². The van der Waals surface area contributed by atoms with E-state index >= 15 is 0 Å². The smallest absolute Gasteiger partial charge is 0.270 e. The lowest BCUT2D eigenvalue weighted by molar-refractivity contribution is -0.113. The number of rotatable bonds is 7. The maximum absolute atomic E-state index is 12.5. The first kappa shape index (κ1) is 22.1. The van der Waals surface area contributed by atoms with Crippen LogP contribution in [0.2, 0.25) is 0 Å². The third-order valence-electron chi connectivity index (χ3n) is 4.72. The van der Waals surface area contributed by atoms with Crippen molar-refractivity contribution in [2.24, 2.45) is 0 Å². The molecule has 0 radical (unpaired) electrons. The maximum Gasteiger partial charge on any atom is 0.270 e. The van der Waals surface area contributed by atoms with Crippen LogP contribution in [0.15, 0.2) is 52.4 Å². The number of anilines is 1. The van der Waals surface area contributed by atoms with E-state index in [4.69, 9.17) is 4.74 Å². The van der Waals surface area contributed by atoms with Crippen LogP contribution in [0.1, 0.15) is 23.6 Å². The minimum atomic E-state index is -0.543. The second-order valence-electron chi connectivity index (χ2n) is 6.73. The van der Waals surface area contributed by atoms with E-state index in [0.717, 1.165) is 35.0 Å². The Morgan fingerprint density at radius 1 is 1.26 bits per heavy atom. The number of thioether (sulfide) groups is 1. The molecule has 8 heteroatoms. The highest BCUT2D eigenvalue weighted by atomic mass is 32.2. The molecule has 31 heavy (non-hydrogen) atoms. The number of benzene rings is 2. The molecule has 0 bridgehead atoms. The summed E-state index contributed by atoms with van der Waals surface area (Å²) in [4.78, 5) is 31.9. The van der Waals surface area contributed by atoms with Gasteiger partial charge in [0.15, 0.2) is 5.16 Å². The number of H-pyrrole nitrogens is 1. The highest BCUT2D eigenvalue weighted by molar-refractivity contribution is 7.99. The highest BCUT2D eigenvalue weighted by Crippen LogP contribution is 2.25. The molecule has 0 fully saturated rings.